The Bertz CT molecular complexity index is 1010. The summed E-state index contributed by atoms with van der Waals surface area (Å²) >= 11 is 0. The molecule has 0 saturated carbocycles. The molecule has 0 bridgehead atoms. The van der Waals surface area contributed by atoms with Crippen molar-refractivity contribution < 1.29 is 22.4 Å². The minimum Gasteiger partial charge on any atom is -0.431 e. The molecule has 1 fully saturated rings. The summed E-state index contributed by atoms with van der Waals surface area (Å²) in [5.41, 5.74) is -0.256. The van der Waals surface area contributed by atoms with Gasteiger partial charge in [0.1, 0.15) is 5.82 Å². The Hall–Kier alpha value is -3.40. The second-order valence-electron chi connectivity index (χ2n) is 6.78. The molecule has 3 heterocycles. The molecule has 0 radical (unpaired) electrons. The van der Waals surface area contributed by atoms with Crippen molar-refractivity contribution in [3.8, 4) is 11.5 Å². The van der Waals surface area contributed by atoms with Gasteiger partial charge in [-0.2, -0.15) is 13.2 Å². The lowest BCUT2D eigenvalue weighted by Gasteiger charge is -2.12. The molecule has 3 N–H and O–H groups in total. The molecule has 0 aliphatic carbocycles. The van der Waals surface area contributed by atoms with Crippen LogP contribution in [0.3, 0.4) is 0 Å². The Morgan fingerprint density at radius 2 is 1.97 bits per heavy atom. The minimum atomic E-state index is -4.87. The molecule has 1 saturated heterocycles. The van der Waals surface area contributed by atoms with Crippen LogP contribution in [0.25, 0.3) is 11.5 Å². The number of aromatic nitrogens is 2. The highest BCUT2D eigenvalue weighted by atomic mass is 19.4. The van der Waals surface area contributed by atoms with E-state index in [0.717, 1.165) is 19.5 Å². The minimum absolute atomic E-state index is 0.243. The molecule has 0 spiro atoms. The van der Waals surface area contributed by atoms with Gasteiger partial charge in [0.15, 0.2) is 5.69 Å². The zero-order valence-electron chi connectivity index (χ0n) is 15.7. The van der Waals surface area contributed by atoms with Gasteiger partial charge in [0.05, 0.1) is 11.9 Å². The van der Waals surface area contributed by atoms with Crippen molar-refractivity contribution in [3.63, 3.8) is 0 Å². The van der Waals surface area contributed by atoms with Crippen molar-refractivity contribution in [2.45, 2.75) is 18.6 Å². The van der Waals surface area contributed by atoms with Crippen LogP contribution in [0.4, 0.5) is 24.7 Å². The average molecular weight is 417 g/mol. The number of oxazole rings is 1. The molecular formula is C20H18F3N5O2. The number of carbonyl (C=O) groups excluding carboxylic acids is 1. The van der Waals surface area contributed by atoms with Crippen LogP contribution in [-0.2, 0) is 6.18 Å². The predicted octanol–water partition coefficient (Wildman–Crippen LogP) is 3.78. The van der Waals surface area contributed by atoms with Crippen LogP contribution in [0.2, 0.25) is 0 Å². The molecule has 30 heavy (non-hydrogen) atoms. The van der Waals surface area contributed by atoms with Gasteiger partial charge in [0.2, 0.25) is 11.7 Å². The molecule has 4 rings (SSSR count). The van der Waals surface area contributed by atoms with Crippen molar-refractivity contribution in [2.24, 2.45) is 0 Å². The van der Waals surface area contributed by atoms with E-state index in [1.54, 1.807) is 42.5 Å². The van der Waals surface area contributed by atoms with E-state index < -0.39 is 23.5 Å². The maximum atomic E-state index is 13.4. The smallest absolute Gasteiger partial charge is 0.431 e. The highest BCUT2D eigenvalue weighted by Crippen LogP contribution is 2.35. The quantitative estimate of drug-likeness (QED) is 0.585. The third-order valence-corrected chi connectivity index (χ3v) is 4.55. The molecule has 7 nitrogen and oxygen atoms in total. The van der Waals surface area contributed by atoms with E-state index in [2.05, 4.69) is 25.9 Å². The first-order chi connectivity index (χ1) is 14.4. The summed E-state index contributed by atoms with van der Waals surface area (Å²) in [7, 11) is 0. The lowest BCUT2D eigenvalue weighted by Crippen LogP contribution is -2.22. The lowest BCUT2D eigenvalue weighted by molar-refractivity contribution is -0.153. The predicted molar refractivity (Wildman–Crippen MR) is 104 cm³/mol. The first kappa shape index (κ1) is 19.9. The van der Waals surface area contributed by atoms with Crippen LogP contribution in [0.15, 0.2) is 53.1 Å². The van der Waals surface area contributed by atoms with Gasteiger partial charge in [0, 0.05) is 18.2 Å². The number of hydrogen-bond donors (Lipinski definition) is 3. The Balaban J connectivity index is 1.53. The highest BCUT2D eigenvalue weighted by Gasteiger charge is 2.42. The van der Waals surface area contributed by atoms with Crippen LogP contribution in [0.5, 0.6) is 0 Å². The van der Waals surface area contributed by atoms with Crippen LogP contribution in [0.1, 0.15) is 22.7 Å². The number of benzene rings is 1. The lowest BCUT2D eigenvalue weighted by atomic mass is 10.2. The van der Waals surface area contributed by atoms with Crippen molar-refractivity contribution in [1.82, 2.24) is 15.3 Å². The van der Waals surface area contributed by atoms with Crippen LogP contribution in [-0.4, -0.2) is 35.0 Å². The van der Waals surface area contributed by atoms with Gasteiger partial charge in [-0.15, -0.1) is 0 Å². The number of anilines is 2. The number of carbonyl (C=O) groups is 1. The molecule has 10 heteroatoms. The fraction of sp³-hybridized carbons (Fsp3) is 0.250. The third-order valence-electron chi connectivity index (χ3n) is 4.55. The summed E-state index contributed by atoms with van der Waals surface area (Å²) in [6.07, 6.45) is -2.53. The molecule has 1 aromatic carbocycles. The fourth-order valence-corrected chi connectivity index (χ4v) is 3.10. The number of amides is 1. The van der Waals surface area contributed by atoms with E-state index in [1.807, 2.05) is 0 Å². The molecule has 1 aliphatic rings. The third kappa shape index (κ3) is 4.43. The van der Waals surface area contributed by atoms with E-state index in [1.165, 1.54) is 6.20 Å². The van der Waals surface area contributed by atoms with Gasteiger partial charge in [-0.3, -0.25) is 4.79 Å². The monoisotopic (exact) mass is 417 g/mol. The second kappa shape index (κ2) is 8.15. The molecule has 1 aliphatic heterocycles. The van der Waals surface area contributed by atoms with E-state index in [-0.39, 0.29) is 17.6 Å². The summed E-state index contributed by atoms with van der Waals surface area (Å²) < 4.78 is 45.0. The van der Waals surface area contributed by atoms with Crippen molar-refractivity contribution in [1.29, 1.82) is 0 Å². The van der Waals surface area contributed by atoms with Crippen molar-refractivity contribution in [2.75, 3.05) is 23.7 Å². The summed E-state index contributed by atoms with van der Waals surface area (Å²) in [4.78, 5) is 20.5. The average Bonchev–Trinajstić information content (AvgIpc) is 3.40. The topological polar surface area (TPSA) is 92.1 Å². The zero-order valence-corrected chi connectivity index (χ0v) is 15.7. The summed E-state index contributed by atoms with van der Waals surface area (Å²) in [5.74, 6) is -2.14. The largest absolute Gasteiger partial charge is 0.452 e. The molecule has 2 aromatic heterocycles. The van der Waals surface area contributed by atoms with Crippen LogP contribution in [0, 0.1) is 0 Å². The fourth-order valence-electron chi connectivity index (χ4n) is 3.10. The normalized spacial score (nSPS) is 16.4. The Morgan fingerprint density at radius 3 is 2.60 bits per heavy atom. The van der Waals surface area contributed by atoms with E-state index in [4.69, 9.17) is 4.42 Å². The first-order valence-corrected chi connectivity index (χ1v) is 9.28. The second-order valence-corrected chi connectivity index (χ2v) is 6.78. The van der Waals surface area contributed by atoms with Crippen LogP contribution >= 0.6 is 0 Å². The van der Waals surface area contributed by atoms with Gasteiger partial charge in [0.25, 0.3) is 5.91 Å². The van der Waals surface area contributed by atoms with E-state index >= 15 is 0 Å². The standard InChI is InChI=1S/C20H18F3N5O2/c21-20(22,23)17-16(28-19(30-17)12-4-2-1-3-5-12)18(29)27-13-6-7-15(25-11-13)26-14-8-9-24-10-14/h1-7,11,14,24H,8-10H2,(H,25,26)(H,27,29)/t14-/m0/s1. The number of hydrogen-bond acceptors (Lipinski definition) is 6. The maximum absolute atomic E-state index is 13.4. The maximum Gasteiger partial charge on any atom is 0.452 e. The SMILES string of the molecule is O=C(Nc1ccc(N[C@H]2CCNC2)nc1)c1nc(-c2ccccc2)oc1C(F)(F)F. The van der Waals surface area contributed by atoms with Crippen molar-refractivity contribution in [3.05, 3.63) is 60.1 Å². The van der Waals surface area contributed by atoms with Gasteiger partial charge >= 0.3 is 6.18 Å². The molecule has 1 amide bonds. The number of halogens is 3. The number of nitrogens with one attached hydrogen (secondary N) is 3. The Labute approximate surface area is 169 Å². The Morgan fingerprint density at radius 1 is 1.17 bits per heavy atom. The van der Waals surface area contributed by atoms with Crippen molar-refractivity contribution >= 4 is 17.4 Å². The van der Waals surface area contributed by atoms with E-state index in [0.29, 0.717) is 11.4 Å². The number of alkyl halides is 3. The van der Waals surface area contributed by atoms with E-state index in [9.17, 15) is 18.0 Å². The van der Waals surface area contributed by atoms with Gasteiger partial charge in [-0.05, 0) is 37.2 Å². The van der Waals surface area contributed by atoms with Gasteiger partial charge in [-0.25, -0.2) is 9.97 Å². The highest BCUT2D eigenvalue weighted by molar-refractivity contribution is 6.04. The molecule has 3 aromatic rings. The number of rotatable bonds is 5. The summed E-state index contributed by atoms with van der Waals surface area (Å²) in [6, 6.07) is 11.5. The van der Waals surface area contributed by atoms with Gasteiger partial charge < -0.3 is 20.4 Å². The number of pyridine rings is 1. The molecule has 0 unspecified atom stereocenters. The molecule has 156 valence electrons. The summed E-state index contributed by atoms with van der Waals surface area (Å²) in [5, 5.41) is 8.86. The zero-order chi connectivity index (χ0) is 21.1. The van der Waals surface area contributed by atoms with Gasteiger partial charge in [-0.1, -0.05) is 18.2 Å². The Kier molecular flexibility index (Phi) is 5.40. The number of nitrogens with zero attached hydrogens (tertiary/aromatic N) is 2. The van der Waals surface area contributed by atoms with Crippen LogP contribution < -0.4 is 16.0 Å². The summed E-state index contributed by atoms with van der Waals surface area (Å²) in [6.45, 7) is 1.76. The first-order valence-electron chi connectivity index (χ1n) is 9.28. The molecular weight excluding hydrogens is 399 g/mol. The molecule has 1 atom stereocenters.